The van der Waals surface area contributed by atoms with Crippen molar-refractivity contribution in [3.63, 3.8) is 0 Å². The summed E-state index contributed by atoms with van der Waals surface area (Å²) in [5, 5.41) is 7.40. The number of nitrogens with one attached hydrogen (secondary N) is 1. The second-order valence-electron chi connectivity index (χ2n) is 6.20. The van der Waals surface area contributed by atoms with Crippen molar-refractivity contribution in [3.8, 4) is 5.75 Å². The van der Waals surface area contributed by atoms with E-state index >= 15 is 0 Å². The first kappa shape index (κ1) is 15.6. The van der Waals surface area contributed by atoms with E-state index in [1.54, 1.807) is 7.11 Å². The van der Waals surface area contributed by atoms with E-state index in [0.29, 0.717) is 12.8 Å². The van der Waals surface area contributed by atoms with E-state index < -0.39 is 0 Å². The van der Waals surface area contributed by atoms with E-state index in [0.717, 1.165) is 35.2 Å². The zero-order chi connectivity index (χ0) is 16.2. The second kappa shape index (κ2) is 6.86. The van der Waals surface area contributed by atoms with Crippen molar-refractivity contribution in [2.24, 2.45) is 5.92 Å². The Bertz CT molecular complexity index is 689. The van der Waals surface area contributed by atoms with Crippen LogP contribution in [-0.2, 0) is 17.8 Å². The molecule has 23 heavy (non-hydrogen) atoms. The summed E-state index contributed by atoms with van der Waals surface area (Å²) in [7, 11) is 1.65. The van der Waals surface area contributed by atoms with Crippen molar-refractivity contribution in [1.29, 1.82) is 0 Å². The molecular formula is C18H23N3O2. The fourth-order valence-electron chi connectivity index (χ4n) is 2.61. The topological polar surface area (TPSA) is 56.1 Å². The number of anilines is 1. The number of benzene rings is 1. The molecule has 0 radical (unpaired) electrons. The minimum absolute atomic E-state index is 0.0217. The Morgan fingerprint density at radius 2 is 2.26 bits per heavy atom. The average Bonchev–Trinajstić information content (AvgIpc) is 3.32. The summed E-state index contributed by atoms with van der Waals surface area (Å²) >= 11 is 0. The van der Waals surface area contributed by atoms with Gasteiger partial charge in [0, 0.05) is 18.5 Å². The van der Waals surface area contributed by atoms with Crippen LogP contribution in [0, 0.1) is 12.8 Å². The highest BCUT2D eigenvalue weighted by molar-refractivity contribution is 5.90. The summed E-state index contributed by atoms with van der Waals surface area (Å²) < 4.78 is 7.14. The van der Waals surface area contributed by atoms with Gasteiger partial charge in [-0.2, -0.15) is 5.10 Å². The normalized spacial score (nSPS) is 13.8. The van der Waals surface area contributed by atoms with Gasteiger partial charge in [0.2, 0.25) is 5.91 Å². The molecule has 3 rings (SSSR count). The lowest BCUT2D eigenvalue weighted by atomic mass is 10.1. The predicted octanol–water partition coefficient (Wildman–Crippen LogP) is 3.18. The maximum absolute atomic E-state index is 12.3. The molecule has 1 saturated carbocycles. The van der Waals surface area contributed by atoms with Crippen LogP contribution in [-0.4, -0.2) is 22.8 Å². The lowest BCUT2D eigenvalue weighted by Crippen LogP contribution is -2.17. The van der Waals surface area contributed by atoms with Crippen LogP contribution in [0.5, 0.6) is 5.75 Å². The van der Waals surface area contributed by atoms with E-state index in [2.05, 4.69) is 10.4 Å². The first-order valence-electron chi connectivity index (χ1n) is 8.11. The van der Waals surface area contributed by atoms with E-state index in [9.17, 15) is 4.79 Å². The summed E-state index contributed by atoms with van der Waals surface area (Å²) in [6, 6.07) is 7.83. The van der Waals surface area contributed by atoms with Crippen molar-refractivity contribution in [3.05, 3.63) is 41.6 Å². The molecule has 1 aromatic carbocycles. The van der Waals surface area contributed by atoms with Gasteiger partial charge in [0.25, 0.3) is 0 Å². The highest BCUT2D eigenvalue weighted by atomic mass is 16.5. The van der Waals surface area contributed by atoms with Gasteiger partial charge in [-0.25, -0.2) is 4.68 Å². The van der Waals surface area contributed by atoms with Crippen molar-refractivity contribution < 1.29 is 9.53 Å². The lowest BCUT2D eigenvalue weighted by molar-refractivity contribution is -0.116. The van der Waals surface area contributed by atoms with Gasteiger partial charge in [-0.05, 0) is 49.8 Å². The minimum atomic E-state index is 0.0217. The van der Waals surface area contributed by atoms with E-state index in [1.807, 2.05) is 42.1 Å². The molecule has 0 spiro atoms. The Kier molecular flexibility index (Phi) is 4.65. The van der Waals surface area contributed by atoms with Crippen molar-refractivity contribution in [2.45, 2.75) is 39.2 Å². The third-order valence-electron chi connectivity index (χ3n) is 4.18. The van der Waals surface area contributed by atoms with Crippen LogP contribution in [0.2, 0.25) is 0 Å². The van der Waals surface area contributed by atoms with E-state index in [1.165, 1.54) is 12.8 Å². The van der Waals surface area contributed by atoms with Crippen molar-refractivity contribution in [1.82, 2.24) is 9.78 Å². The summed E-state index contributed by atoms with van der Waals surface area (Å²) in [6.45, 7) is 2.88. The first-order chi connectivity index (χ1) is 11.2. The number of rotatable bonds is 7. The van der Waals surface area contributed by atoms with Crippen molar-refractivity contribution in [2.75, 3.05) is 12.4 Å². The summed E-state index contributed by atoms with van der Waals surface area (Å²) in [6.07, 6.45) is 5.49. The number of hydrogen-bond donors (Lipinski definition) is 1. The number of ether oxygens (including phenoxy) is 1. The summed E-state index contributed by atoms with van der Waals surface area (Å²) in [5.41, 5.74) is 2.11. The quantitative estimate of drug-likeness (QED) is 0.854. The largest absolute Gasteiger partial charge is 0.497 e. The lowest BCUT2D eigenvalue weighted by Gasteiger charge is -2.10. The molecule has 0 saturated heterocycles. The van der Waals surface area contributed by atoms with Crippen LogP contribution in [0.4, 0.5) is 5.82 Å². The third kappa shape index (κ3) is 4.12. The van der Waals surface area contributed by atoms with E-state index in [4.69, 9.17) is 4.74 Å². The number of methoxy groups -OCH3 is 1. The molecule has 5 heteroatoms. The predicted molar refractivity (Wildman–Crippen MR) is 89.6 cm³/mol. The van der Waals surface area contributed by atoms with Crippen LogP contribution in [0.25, 0.3) is 0 Å². The Morgan fingerprint density at radius 1 is 1.43 bits per heavy atom. The van der Waals surface area contributed by atoms with Gasteiger partial charge in [0.15, 0.2) is 0 Å². The van der Waals surface area contributed by atoms with Gasteiger partial charge in [-0.15, -0.1) is 0 Å². The number of hydrogen-bond acceptors (Lipinski definition) is 3. The molecule has 1 aromatic heterocycles. The van der Waals surface area contributed by atoms with E-state index in [-0.39, 0.29) is 5.91 Å². The van der Waals surface area contributed by atoms with Gasteiger partial charge in [-0.1, -0.05) is 12.1 Å². The second-order valence-corrected chi connectivity index (χ2v) is 6.20. The molecule has 5 nitrogen and oxygen atoms in total. The monoisotopic (exact) mass is 313 g/mol. The fourth-order valence-corrected chi connectivity index (χ4v) is 2.61. The average molecular weight is 313 g/mol. The Labute approximate surface area is 136 Å². The van der Waals surface area contributed by atoms with Gasteiger partial charge in [0.05, 0.1) is 13.3 Å². The standard InChI is InChI=1S/C18H23N3O2/c1-13-11-19-21(12-15-6-7-15)18(13)20-17(22)9-8-14-4-3-5-16(10-14)23-2/h3-5,10-11,15H,6-9,12H2,1-2H3,(H,20,22). The highest BCUT2D eigenvalue weighted by Crippen LogP contribution is 2.31. The maximum Gasteiger partial charge on any atom is 0.225 e. The Hall–Kier alpha value is -2.30. The number of aromatic nitrogens is 2. The van der Waals surface area contributed by atoms with Crippen LogP contribution in [0.3, 0.4) is 0 Å². The molecule has 1 aliphatic rings. The molecule has 0 atom stereocenters. The first-order valence-corrected chi connectivity index (χ1v) is 8.11. The molecule has 1 heterocycles. The number of nitrogens with zero attached hydrogens (tertiary/aromatic N) is 2. The van der Waals surface area contributed by atoms with Crippen molar-refractivity contribution >= 4 is 11.7 Å². The number of carbonyl (C=O) groups excluding carboxylic acids is 1. The molecule has 0 bridgehead atoms. The Morgan fingerprint density at radius 3 is 3.00 bits per heavy atom. The van der Waals surface area contributed by atoms with Crippen LogP contribution in [0.15, 0.2) is 30.5 Å². The SMILES string of the molecule is COc1cccc(CCC(=O)Nc2c(C)cnn2CC2CC2)c1. The Balaban J connectivity index is 1.57. The van der Waals surface area contributed by atoms with Crippen LogP contribution >= 0.6 is 0 Å². The van der Waals surface area contributed by atoms with Gasteiger partial charge in [0.1, 0.15) is 11.6 Å². The highest BCUT2D eigenvalue weighted by Gasteiger charge is 2.24. The smallest absolute Gasteiger partial charge is 0.225 e. The summed E-state index contributed by atoms with van der Waals surface area (Å²) in [4.78, 5) is 12.3. The molecule has 1 fully saturated rings. The molecule has 0 unspecified atom stereocenters. The van der Waals surface area contributed by atoms with Gasteiger partial charge >= 0.3 is 0 Å². The summed E-state index contributed by atoms with van der Waals surface area (Å²) in [5.74, 6) is 2.41. The molecule has 2 aromatic rings. The third-order valence-corrected chi connectivity index (χ3v) is 4.18. The molecule has 0 aliphatic heterocycles. The number of aryl methyl sites for hydroxylation is 2. The maximum atomic E-state index is 12.3. The van der Waals surface area contributed by atoms with Gasteiger partial charge in [-0.3, -0.25) is 4.79 Å². The fraction of sp³-hybridized carbons (Fsp3) is 0.444. The number of amides is 1. The van der Waals surface area contributed by atoms with Crippen LogP contribution in [0.1, 0.15) is 30.4 Å². The zero-order valence-electron chi connectivity index (χ0n) is 13.7. The van der Waals surface area contributed by atoms with Gasteiger partial charge < -0.3 is 10.1 Å². The molecule has 1 N–H and O–H groups in total. The molecule has 122 valence electrons. The molecule has 1 aliphatic carbocycles. The minimum Gasteiger partial charge on any atom is -0.497 e. The molecular weight excluding hydrogens is 290 g/mol. The number of carbonyl (C=O) groups is 1. The van der Waals surface area contributed by atoms with Crippen LogP contribution < -0.4 is 10.1 Å². The molecule has 1 amide bonds. The zero-order valence-corrected chi connectivity index (χ0v) is 13.7.